The quantitative estimate of drug-likeness (QED) is 0.892. The monoisotopic (exact) mass is 291 g/mol. The molecule has 3 unspecified atom stereocenters. The van der Waals surface area contributed by atoms with Crippen LogP contribution in [0.3, 0.4) is 0 Å². The first-order chi connectivity index (χ1) is 9.99. The summed E-state index contributed by atoms with van der Waals surface area (Å²) in [5.74, 6) is 0.913. The highest BCUT2D eigenvalue weighted by Crippen LogP contribution is 2.31. The number of aryl methyl sites for hydroxylation is 1. The number of ether oxygens (including phenoxy) is 1. The number of carbonyl (C=O) groups is 1. The summed E-state index contributed by atoms with van der Waals surface area (Å²) in [4.78, 5) is 15.7. The fourth-order valence-corrected chi connectivity index (χ4v) is 2.90. The van der Waals surface area contributed by atoms with Crippen molar-refractivity contribution < 1.29 is 14.6 Å². The van der Waals surface area contributed by atoms with Gasteiger partial charge in [-0.1, -0.05) is 27.2 Å². The predicted octanol–water partition coefficient (Wildman–Crippen LogP) is 3.94. The van der Waals surface area contributed by atoms with E-state index < -0.39 is 5.97 Å². The van der Waals surface area contributed by atoms with Crippen molar-refractivity contribution in [3.63, 3.8) is 0 Å². The molecule has 0 amide bonds. The van der Waals surface area contributed by atoms with E-state index in [1.807, 2.05) is 0 Å². The third kappa shape index (κ3) is 4.19. The minimum absolute atomic E-state index is 0.155. The number of aromatic nitrogens is 1. The Labute approximate surface area is 126 Å². The van der Waals surface area contributed by atoms with Crippen LogP contribution in [0.5, 0.6) is 5.88 Å². The van der Waals surface area contributed by atoms with Crippen LogP contribution in [0.2, 0.25) is 0 Å². The number of pyridine rings is 1. The molecule has 1 saturated carbocycles. The first-order valence-corrected chi connectivity index (χ1v) is 7.90. The molecule has 0 radical (unpaired) electrons. The molecule has 116 valence electrons. The predicted molar refractivity (Wildman–Crippen MR) is 81.8 cm³/mol. The zero-order valence-corrected chi connectivity index (χ0v) is 13.1. The number of nitrogens with zero attached hydrogens (tertiary/aromatic N) is 1. The van der Waals surface area contributed by atoms with Gasteiger partial charge in [-0.25, -0.2) is 9.78 Å². The van der Waals surface area contributed by atoms with E-state index in [0.717, 1.165) is 43.7 Å². The molecule has 21 heavy (non-hydrogen) atoms. The van der Waals surface area contributed by atoms with Crippen molar-refractivity contribution in [1.82, 2.24) is 4.98 Å². The van der Waals surface area contributed by atoms with E-state index in [1.165, 1.54) is 0 Å². The maximum atomic E-state index is 11.2. The van der Waals surface area contributed by atoms with Crippen LogP contribution in [0.25, 0.3) is 0 Å². The Morgan fingerprint density at radius 2 is 2.10 bits per heavy atom. The second kappa shape index (κ2) is 6.92. The minimum atomic E-state index is -0.926. The van der Waals surface area contributed by atoms with Gasteiger partial charge < -0.3 is 9.84 Å². The zero-order chi connectivity index (χ0) is 15.4. The van der Waals surface area contributed by atoms with Crippen LogP contribution in [0.4, 0.5) is 0 Å². The van der Waals surface area contributed by atoms with Gasteiger partial charge in [-0.05, 0) is 43.6 Å². The van der Waals surface area contributed by atoms with E-state index in [0.29, 0.717) is 11.8 Å². The number of carboxylic acids is 1. The molecule has 1 aliphatic rings. The SMILES string of the molecule is CCCc1cc(C(=O)O)cc(OC2CCC(C)C(C)C2)n1. The standard InChI is InChI=1S/C17H25NO3/c1-4-5-14-9-13(17(19)20)10-16(18-14)21-15-7-6-11(2)12(3)8-15/h9-12,15H,4-8H2,1-3H3,(H,19,20). The molecule has 0 spiro atoms. The van der Waals surface area contributed by atoms with Gasteiger partial charge in [-0.2, -0.15) is 0 Å². The highest BCUT2D eigenvalue weighted by Gasteiger charge is 2.26. The van der Waals surface area contributed by atoms with Crippen LogP contribution in [0.15, 0.2) is 12.1 Å². The van der Waals surface area contributed by atoms with Crippen molar-refractivity contribution in [3.05, 3.63) is 23.4 Å². The molecule has 1 N–H and O–H groups in total. The molecule has 0 aliphatic heterocycles. The Balaban J connectivity index is 2.13. The average molecular weight is 291 g/mol. The topological polar surface area (TPSA) is 59.4 Å². The van der Waals surface area contributed by atoms with Crippen LogP contribution >= 0.6 is 0 Å². The Hall–Kier alpha value is -1.58. The van der Waals surface area contributed by atoms with Gasteiger partial charge in [0.05, 0.1) is 5.56 Å². The Morgan fingerprint density at radius 1 is 1.33 bits per heavy atom. The van der Waals surface area contributed by atoms with Crippen molar-refractivity contribution in [2.45, 2.75) is 59.0 Å². The van der Waals surface area contributed by atoms with Crippen molar-refractivity contribution in [3.8, 4) is 5.88 Å². The normalized spacial score (nSPS) is 25.6. The molecule has 0 saturated heterocycles. The molecule has 1 heterocycles. The van der Waals surface area contributed by atoms with Crippen molar-refractivity contribution in [1.29, 1.82) is 0 Å². The molecule has 1 aliphatic carbocycles. The molecule has 0 bridgehead atoms. The third-order valence-corrected chi connectivity index (χ3v) is 4.45. The fourth-order valence-electron chi connectivity index (χ4n) is 2.90. The van der Waals surface area contributed by atoms with Gasteiger partial charge in [0, 0.05) is 11.8 Å². The van der Waals surface area contributed by atoms with Gasteiger partial charge in [-0.15, -0.1) is 0 Å². The summed E-state index contributed by atoms with van der Waals surface area (Å²) in [6, 6.07) is 3.19. The van der Waals surface area contributed by atoms with Crippen molar-refractivity contribution >= 4 is 5.97 Å². The number of aromatic carboxylic acids is 1. The van der Waals surface area contributed by atoms with E-state index in [9.17, 15) is 9.90 Å². The lowest BCUT2D eigenvalue weighted by Crippen LogP contribution is -2.29. The van der Waals surface area contributed by atoms with E-state index >= 15 is 0 Å². The van der Waals surface area contributed by atoms with Crippen LogP contribution in [-0.2, 0) is 6.42 Å². The number of hydrogen-bond donors (Lipinski definition) is 1. The second-order valence-electron chi connectivity index (χ2n) is 6.25. The lowest BCUT2D eigenvalue weighted by molar-refractivity contribution is 0.0693. The minimum Gasteiger partial charge on any atom is -0.478 e. The summed E-state index contributed by atoms with van der Waals surface area (Å²) in [6.45, 7) is 6.59. The summed E-state index contributed by atoms with van der Waals surface area (Å²) < 4.78 is 5.98. The highest BCUT2D eigenvalue weighted by molar-refractivity contribution is 5.88. The lowest BCUT2D eigenvalue weighted by Gasteiger charge is -2.32. The number of carboxylic acid groups (broad SMARTS) is 1. The summed E-state index contributed by atoms with van der Waals surface area (Å²) in [7, 11) is 0. The molecule has 0 aromatic carbocycles. The van der Waals surface area contributed by atoms with Gasteiger partial charge in [0.25, 0.3) is 0 Å². The van der Waals surface area contributed by atoms with Crippen LogP contribution in [-0.4, -0.2) is 22.2 Å². The molecule has 1 aromatic rings. The van der Waals surface area contributed by atoms with Crippen LogP contribution < -0.4 is 4.74 Å². The molecule has 1 fully saturated rings. The van der Waals surface area contributed by atoms with Gasteiger partial charge in [0.1, 0.15) is 6.10 Å². The molecular weight excluding hydrogens is 266 g/mol. The van der Waals surface area contributed by atoms with Gasteiger partial charge in [0.15, 0.2) is 0 Å². The smallest absolute Gasteiger partial charge is 0.335 e. The maximum Gasteiger partial charge on any atom is 0.335 e. The highest BCUT2D eigenvalue weighted by atomic mass is 16.5. The van der Waals surface area contributed by atoms with E-state index in [-0.39, 0.29) is 11.7 Å². The summed E-state index contributed by atoms with van der Waals surface area (Å²) >= 11 is 0. The lowest BCUT2D eigenvalue weighted by atomic mass is 9.80. The fraction of sp³-hybridized carbons (Fsp3) is 0.647. The molecule has 4 nitrogen and oxygen atoms in total. The largest absolute Gasteiger partial charge is 0.478 e. The van der Waals surface area contributed by atoms with Gasteiger partial charge in [-0.3, -0.25) is 0 Å². The zero-order valence-electron chi connectivity index (χ0n) is 13.1. The van der Waals surface area contributed by atoms with E-state index in [1.54, 1.807) is 12.1 Å². The Kier molecular flexibility index (Phi) is 5.21. The summed E-state index contributed by atoms with van der Waals surface area (Å²) in [5.41, 5.74) is 1.06. The number of rotatable bonds is 5. The maximum absolute atomic E-state index is 11.2. The van der Waals surface area contributed by atoms with E-state index in [4.69, 9.17) is 4.74 Å². The molecular formula is C17H25NO3. The Bertz CT molecular complexity index is 501. The molecule has 4 heteroatoms. The van der Waals surface area contributed by atoms with Crippen LogP contribution in [0.1, 0.15) is 62.5 Å². The Morgan fingerprint density at radius 3 is 2.71 bits per heavy atom. The van der Waals surface area contributed by atoms with E-state index in [2.05, 4.69) is 25.8 Å². The molecule has 3 atom stereocenters. The summed E-state index contributed by atoms with van der Waals surface area (Å²) in [6.07, 6.45) is 5.06. The van der Waals surface area contributed by atoms with Crippen LogP contribution in [0, 0.1) is 11.8 Å². The first-order valence-electron chi connectivity index (χ1n) is 7.90. The number of hydrogen-bond acceptors (Lipinski definition) is 3. The molecule has 2 rings (SSSR count). The van der Waals surface area contributed by atoms with Gasteiger partial charge >= 0.3 is 5.97 Å². The van der Waals surface area contributed by atoms with Crippen molar-refractivity contribution in [2.75, 3.05) is 0 Å². The van der Waals surface area contributed by atoms with Gasteiger partial charge in [0.2, 0.25) is 5.88 Å². The van der Waals surface area contributed by atoms with Crippen molar-refractivity contribution in [2.24, 2.45) is 11.8 Å². The first kappa shape index (κ1) is 15.8. The third-order valence-electron chi connectivity index (χ3n) is 4.45. The second-order valence-corrected chi connectivity index (χ2v) is 6.25. The molecule has 1 aromatic heterocycles. The summed E-state index contributed by atoms with van der Waals surface area (Å²) in [5, 5.41) is 9.20. The average Bonchev–Trinajstić information content (AvgIpc) is 2.43.